The highest BCUT2D eigenvalue weighted by Crippen LogP contribution is 2.33. The van der Waals surface area contributed by atoms with Crippen molar-refractivity contribution in [1.29, 1.82) is 0 Å². The van der Waals surface area contributed by atoms with Gasteiger partial charge in [-0.15, -0.1) is 0 Å². The summed E-state index contributed by atoms with van der Waals surface area (Å²) >= 11 is 5.96. The van der Waals surface area contributed by atoms with Crippen molar-refractivity contribution in [3.05, 3.63) is 64.2 Å². The minimum atomic E-state index is -0.543. The molecule has 26 heavy (non-hydrogen) atoms. The van der Waals surface area contributed by atoms with E-state index in [-0.39, 0.29) is 11.5 Å². The van der Waals surface area contributed by atoms with Crippen LogP contribution in [0.5, 0.6) is 0 Å². The van der Waals surface area contributed by atoms with Crippen LogP contribution in [0.25, 0.3) is 0 Å². The van der Waals surface area contributed by atoms with E-state index in [1.165, 1.54) is 50.8 Å². The molecule has 0 spiro atoms. The van der Waals surface area contributed by atoms with Gasteiger partial charge in [-0.3, -0.25) is 4.79 Å². The number of carbonyl (C=O) groups is 2. The molecule has 1 fully saturated rings. The Bertz CT molecular complexity index is 813. The van der Waals surface area contributed by atoms with Crippen molar-refractivity contribution in [1.82, 2.24) is 0 Å². The van der Waals surface area contributed by atoms with Crippen LogP contribution in [0.4, 0.5) is 5.69 Å². The molecule has 0 aliphatic heterocycles. The van der Waals surface area contributed by atoms with Crippen LogP contribution in [0.15, 0.2) is 42.5 Å². The van der Waals surface area contributed by atoms with Crippen LogP contribution < -0.4 is 5.32 Å². The van der Waals surface area contributed by atoms with Gasteiger partial charge in [-0.1, -0.05) is 43.0 Å². The van der Waals surface area contributed by atoms with Crippen LogP contribution in [0.1, 0.15) is 64.3 Å². The first-order valence-electron chi connectivity index (χ1n) is 8.87. The Morgan fingerprint density at radius 1 is 1.08 bits per heavy atom. The van der Waals surface area contributed by atoms with Crippen LogP contribution in [-0.2, 0) is 4.74 Å². The highest BCUT2D eigenvalue weighted by Gasteiger charge is 2.18. The molecule has 0 heterocycles. The Morgan fingerprint density at radius 3 is 2.58 bits per heavy atom. The molecule has 136 valence electrons. The summed E-state index contributed by atoms with van der Waals surface area (Å²) in [6.07, 6.45) is 6.13. The number of esters is 1. The van der Waals surface area contributed by atoms with Crippen molar-refractivity contribution in [2.45, 2.75) is 38.0 Å². The molecule has 1 N–H and O–H groups in total. The fourth-order valence-electron chi connectivity index (χ4n) is 3.47. The molecule has 1 aliphatic rings. The Hall–Kier alpha value is -2.33. The number of hydrogen-bond donors (Lipinski definition) is 1. The molecule has 2 aromatic carbocycles. The third kappa shape index (κ3) is 4.25. The van der Waals surface area contributed by atoms with E-state index in [0.29, 0.717) is 22.2 Å². The van der Waals surface area contributed by atoms with Crippen LogP contribution >= 0.6 is 11.6 Å². The summed E-state index contributed by atoms with van der Waals surface area (Å²) in [4.78, 5) is 24.6. The quantitative estimate of drug-likeness (QED) is 0.729. The predicted octanol–water partition coefficient (Wildman–Crippen LogP) is 5.43. The largest absolute Gasteiger partial charge is 0.465 e. The Balaban J connectivity index is 1.81. The average Bonchev–Trinajstić information content (AvgIpc) is 2.69. The number of amides is 1. The van der Waals surface area contributed by atoms with Gasteiger partial charge in [0.15, 0.2) is 0 Å². The molecule has 0 atom stereocenters. The lowest BCUT2D eigenvalue weighted by Gasteiger charge is -2.22. The summed E-state index contributed by atoms with van der Waals surface area (Å²) in [6, 6.07) is 12.5. The van der Waals surface area contributed by atoms with Crippen LogP contribution in [0.2, 0.25) is 5.02 Å². The summed E-state index contributed by atoms with van der Waals surface area (Å²) in [5, 5.41) is 3.21. The molecule has 3 rings (SSSR count). The van der Waals surface area contributed by atoms with Gasteiger partial charge in [-0.25, -0.2) is 4.79 Å². The number of rotatable bonds is 4. The predicted molar refractivity (Wildman–Crippen MR) is 103 cm³/mol. The number of hydrogen-bond acceptors (Lipinski definition) is 3. The molecule has 1 saturated carbocycles. The number of nitrogens with one attached hydrogen (secondary N) is 1. The van der Waals surface area contributed by atoms with Gasteiger partial charge in [0, 0.05) is 10.6 Å². The molecule has 2 aromatic rings. The van der Waals surface area contributed by atoms with Gasteiger partial charge < -0.3 is 10.1 Å². The molecule has 0 unspecified atom stereocenters. The zero-order chi connectivity index (χ0) is 18.5. The third-order valence-electron chi connectivity index (χ3n) is 4.86. The van der Waals surface area contributed by atoms with Crippen molar-refractivity contribution in [3.63, 3.8) is 0 Å². The van der Waals surface area contributed by atoms with Crippen molar-refractivity contribution in [3.8, 4) is 0 Å². The van der Waals surface area contributed by atoms with Gasteiger partial charge in [0.2, 0.25) is 0 Å². The molecule has 1 aliphatic carbocycles. The molecule has 0 radical (unpaired) electrons. The molecule has 4 nitrogen and oxygen atoms in total. The van der Waals surface area contributed by atoms with Crippen molar-refractivity contribution in [2.24, 2.45) is 0 Å². The van der Waals surface area contributed by atoms with E-state index in [2.05, 4.69) is 11.4 Å². The molecule has 0 aromatic heterocycles. The molecular formula is C21H22ClNO3. The zero-order valence-corrected chi connectivity index (χ0v) is 15.5. The van der Waals surface area contributed by atoms with Crippen LogP contribution in [-0.4, -0.2) is 19.0 Å². The fraction of sp³-hybridized carbons (Fsp3) is 0.333. The van der Waals surface area contributed by atoms with Gasteiger partial charge in [-0.05, 0) is 54.7 Å². The minimum absolute atomic E-state index is 0.233. The van der Waals surface area contributed by atoms with Gasteiger partial charge in [0.05, 0.1) is 18.4 Å². The lowest BCUT2D eigenvalue weighted by atomic mass is 9.83. The number of benzene rings is 2. The number of carbonyl (C=O) groups excluding carboxylic acids is 2. The second kappa shape index (κ2) is 8.37. The van der Waals surface area contributed by atoms with Gasteiger partial charge in [-0.2, -0.15) is 0 Å². The number of methoxy groups -OCH3 is 1. The molecule has 0 saturated heterocycles. The van der Waals surface area contributed by atoms with E-state index in [4.69, 9.17) is 16.3 Å². The first-order chi connectivity index (χ1) is 12.6. The van der Waals surface area contributed by atoms with Crippen LogP contribution in [0.3, 0.4) is 0 Å². The topological polar surface area (TPSA) is 55.4 Å². The SMILES string of the molecule is COC(=O)c1cc(Cl)ccc1NC(=O)c1cccc(C2CCCCC2)c1. The second-order valence-corrected chi connectivity index (χ2v) is 7.03. The van der Waals surface area contributed by atoms with Gasteiger partial charge in [0.25, 0.3) is 5.91 Å². The number of ether oxygens (including phenoxy) is 1. The smallest absolute Gasteiger partial charge is 0.340 e. The summed E-state index contributed by atoms with van der Waals surface area (Å²) in [5.41, 5.74) is 2.41. The Morgan fingerprint density at radius 2 is 1.85 bits per heavy atom. The minimum Gasteiger partial charge on any atom is -0.465 e. The molecular weight excluding hydrogens is 350 g/mol. The van der Waals surface area contributed by atoms with E-state index < -0.39 is 5.97 Å². The van der Waals surface area contributed by atoms with Gasteiger partial charge >= 0.3 is 5.97 Å². The molecule has 1 amide bonds. The third-order valence-corrected chi connectivity index (χ3v) is 5.10. The lowest BCUT2D eigenvalue weighted by Crippen LogP contribution is -2.16. The van der Waals surface area contributed by atoms with E-state index in [0.717, 1.165) is 0 Å². The van der Waals surface area contributed by atoms with Crippen LogP contribution in [0, 0.1) is 0 Å². The summed E-state index contributed by atoms with van der Waals surface area (Å²) in [6.45, 7) is 0. The lowest BCUT2D eigenvalue weighted by molar-refractivity contribution is 0.0602. The molecule has 5 heteroatoms. The normalized spacial score (nSPS) is 14.7. The fourth-order valence-corrected chi connectivity index (χ4v) is 3.64. The van der Waals surface area contributed by atoms with Gasteiger partial charge in [0.1, 0.15) is 0 Å². The van der Waals surface area contributed by atoms with E-state index in [1.807, 2.05) is 12.1 Å². The number of anilines is 1. The van der Waals surface area contributed by atoms with Crippen molar-refractivity contribution < 1.29 is 14.3 Å². The van der Waals surface area contributed by atoms with E-state index >= 15 is 0 Å². The van der Waals surface area contributed by atoms with Crippen molar-refractivity contribution >= 4 is 29.2 Å². The summed E-state index contributed by atoms with van der Waals surface area (Å²) in [7, 11) is 1.29. The molecule has 0 bridgehead atoms. The Labute approximate surface area is 158 Å². The second-order valence-electron chi connectivity index (χ2n) is 6.60. The zero-order valence-electron chi connectivity index (χ0n) is 14.8. The van der Waals surface area contributed by atoms with E-state index in [9.17, 15) is 9.59 Å². The summed E-state index contributed by atoms with van der Waals surface area (Å²) in [5.74, 6) is -0.272. The first kappa shape index (κ1) is 18.5. The number of halogens is 1. The first-order valence-corrected chi connectivity index (χ1v) is 9.25. The average molecular weight is 372 g/mol. The highest BCUT2D eigenvalue weighted by molar-refractivity contribution is 6.31. The highest BCUT2D eigenvalue weighted by atomic mass is 35.5. The monoisotopic (exact) mass is 371 g/mol. The standard InChI is InChI=1S/C21H22ClNO3/c1-26-21(25)18-13-17(22)10-11-19(18)23-20(24)16-9-5-8-15(12-16)14-6-3-2-4-7-14/h5,8-14H,2-4,6-7H2,1H3,(H,23,24). The van der Waals surface area contributed by atoms with E-state index in [1.54, 1.807) is 18.2 Å². The Kier molecular flexibility index (Phi) is 5.94. The van der Waals surface area contributed by atoms with Crippen molar-refractivity contribution in [2.75, 3.05) is 12.4 Å². The maximum Gasteiger partial charge on any atom is 0.340 e. The summed E-state index contributed by atoms with van der Waals surface area (Å²) < 4.78 is 4.77. The maximum absolute atomic E-state index is 12.7. The maximum atomic E-state index is 12.7.